The second kappa shape index (κ2) is 3.22. The van der Waals surface area contributed by atoms with Gasteiger partial charge >= 0.3 is 0 Å². The number of aromatic nitrogens is 2. The molecule has 0 aliphatic heterocycles. The molecule has 0 atom stereocenters. The Morgan fingerprint density at radius 2 is 2.25 bits per heavy atom. The van der Waals surface area contributed by atoms with Gasteiger partial charge in [0.05, 0.1) is 28.4 Å². The Hall–Kier alpha value is -0.910. The van der Waals surface area contributed by atoms with Crippen LogP contribution in [0.15, 0.2) is 30.7 Å². The second-order valence-electron chi connectivity index (χ2n) is 2.39. The van der Waals surface area contributed by atoms with Gasteiger partial charge in [0, 0.05) is 17.3 Å². The number of nitrogens with one attached hydrogen (secondary N) is 1. The summed E-state index contributed by atoms with van der Waals surface area (Å²) in [5.41, 5.74) is 2.04. The maximum absolute atomic E-state index is 4.12. The maximum Gasteiger partial charge on any atom is 0.116 e. The van der Waals surface area contributed by atoms with E-state index in [9.17, 15) is 0 Å². The third kappa shape index (κ3) is 1.34. The molecule has 0 bridgehead atoms. The van der Waals surface area contributed by atoms with Crippen molar-refractivity contribution < 1.29 is 0 Å². The van der Waals surface area contributed by atoms with Crippen LogP contribution < -0.4 is 3.53 Å². The second-order valence-corrected chi connectivity index (χ2v) is 2.93. The fourth-order valence-electron chi connectivity index (χ4n) is 1.04. The lowest BCUT2D eigenvalue weighted by Crippen LogP contribution is -1.83. The minimum absolute atomic E-state index is 0.973. The van der Waals surface area contributed by atoms with Gasteiger partial charge in [-0.25, -0.2) is 9.97 Å². The van der Waals surface area contributed by atoms with Gasteiger partial charge in [-0.15, -0.1) is 0 Å². The van der Waals surface area contributed by atoms with Crippen molar-refractivity contribution >= 4 is 39.5 Å². The zero-order chi connectivity index (χ0) is 8.39. The SMILES string of the molecule is INc1ccc2ncncc2c1. The molecule has 2 aromatic rings. The summed E-state index contributed by atoms with van der Waals surface area (Å²) in [5.74, 6) is 0. The normalized spacial score (nSPS) is 10.1. The maximum atomic E-state index is 4.12. The molecule has 0 spiro atoms. The Kier molecular flexibility index (Phi) is 2.07. The van der Waals surface area contributed by atoms with Gasteiger partial charge in [0.15, 0.2) is 0 Å². The zero-order valence-electron chi connectivity index (χ0n) is 6.16. The average Bonchev–Trinajstić information content (AvgIpc) is 2.17. The molecular formula is C8H6IN3. The molecule has 0 unspecified atom stereocenters. The van der Waals surface area contributed by atoms with Crippen LogP contribution in [0.25, 0.3) is 10.9 Å². The van der Waals surface area contributed by atoms with Crippen molar-refractivity contribution in [2.75, 3.05) is 3.53 Å². The highest BCUT2D eigenvalue weighted by atomic mass is 127. The molecule has 60 valence electrons. The van der Waals surface area contributed by atoms with E-state index in [1.54, 1.807) is 12.5 Å². The van der Waals surface area contributed by atoms with Crippen LogP contribution in [0.5, 0.6) is 0 Å². The number of benzene rings is 1. The van der Waals surface area contributed by atoms with Crippen LogP contribution in [-0.2, 0) is 0 Å². The number of halogens is 1. The lowest BCUT2D eigenvalue weighted by molar-refractivity contribution is 1.22. The first kappa shape index (κ1) is 7.72. The molecule has 0 saturated heterocycles. The van der Waals surface area contributed by atoms with Crippen LogP contribution in [0.4, 0.5) is 5.69 Å². The van der Waals surface area contributed by atoms with E-state index in [2.05, 4.69) is 36.4 Å². The molecule has 1 N–H and O–H groups in total. The van der Waals surface area contributed by atoms with Gasteiger partial charge in [-0.1, -0.05) is 0 Å². The number of hydrogen-bond donors (Lipinski definition) is 1. The number of nitrogens with zero attached hydrogens (tertiary/aromatic N) is 2. The molecule has 0 aliphatic carbocycles. The highest BCUT2D eigenvalue weighted by molar-refractivity contribution is 14.1. The molecule has 4 heteroatoms. The fraction of sp³-hybridized carbons (Fsp3) is 0. The van der Waals surface area contributed by atoms with E-state index in [4.69, 9.17) is 0 Å². The largest absolute Gasteiger partial charge is 0.328 e. The molecule has 0 amide bonds. The summed E-state index contributed by atoms with van der Waals surface area (Å²) in [6, 6.07) is 5.97. The third-order valence-corrected chi connectivity index (χ3v) is 2.24. The lowest BCUT2D eigenvalue weighted by atomic mass is 10.2. The summed E-state index contributed by atoms with van der Waals surface area (Å²) < 4.78 is 3.03. The van der Waals surface area contributed by atoms with Gasteiger partial charge in [-0.05, 0) is 18.2 Å². The molecule has 1 aromatic heterocycles. The minimum atomic E-state index is 0.973. The Labute approximate surface area is 83.7 Å². The lowest BCUT2D eigenvalue weighted by Gasteiger charge is -1.99. The Morgan fingerprint density at radius 3 is 3.08 bits per heavy atom. The van der Waals surface area contributed by atoms with Crippen LogP contribution in [-0.4, -0.2) is 9.97 Å². The summed E-state index contributed by atoms with van der Waals surface area (Å²) in [5, 5.41) is 1.05. The number of fused-ring (bicyclic) bond motifs is 1. The van der Waals surface area contributed by atoms with E-state index in [1.807, 2.05) is 18.2 Å². The third-order valence-electron chi connectivity index (χ3n) is 1.61. The van der Waals surface area contributed by atoms with E-state index < -0.39 is 0 Å². The summed E-state index contributed by atoms with van der Waals surface area (Å²) in [6.45, 7) is 0. The molecule has 0 saturated carbocycles. The van der Waals surface area contributed by atoms with Crippen LogP contribution in [0, 0.1) is 0 Å². The van der Waals surface area contributed by atoms with Gasteiger partial charge in [0.25, 0.3) is 0 Å². The number of hydrogen-bond acceptors (Lipinski definition) is 3. The van der Waals surface area contributed by atoms with Crippen LogP contribution in [0.2, 0.25) is 0 Å². The van der Waals surface area contributed by atoms with Crippen molar-refractivity contribution in [2.24, 2.45) is 0 Å². The van der Waals surface area contributed by atoms with E-state index in [1.165, 1.54) is 0 Å². The summed E-state index contributed by atoms with van der Waals surface area (Å²) in [4.78, 5) is 8.06. The fourth-order valence-corrected chi connectivity index (χ4v) is 1.38. The summed E-state index contributed by atoms with van der Waals surface area (Å²) >= 11 is 2.10. The van der Waals surface area contributed by atoms with Gasteiger partial charge in [-0.3, -0.25) is 0 Å². The Bertz CT molecular complexity index is 402. The minimum Gasteiger partial charge on any atom is -0.328 e. The molecule has 1 heterocycles. The molecule has 2 rings (SSSR count). The average molecular weight is 271 g/mol. The van der Waals surface area contributed by atoms with E-state index in [-0.39, 0.29) is 0 Å². The van der Waals surface area contributed by atoms with Crippen molar-refractivity contribution in [3.63, 3.8) is 0 Å². The van der Waals surface area contributed by atoms with E-state index in [0.29, 0.717) is 0 Å². The van der Waals surface area contributed by atoms with Crippen molar-refractivity contribution in [1.82, 2.24) is 9.97 Å². The first-order valence-electron chi connectivity index (χ1n) is 3.46. The molecule has 0 aliphatic rings. The summed E-state index contributed by atoms with van der Waals surface area (Å²) in [7, 11) is 0. The van der Waals surface area contributed by atoms with Crippen LogP contribution in [0.1, 0.15) is 0 Å². The van der Waals surface area contributed by atoms with Crippen molar-refractivity contribution in [3.8, 4) is 0 Å². The van der Waals surface area contributed by atoms with E-state index >= 15 is 0 Å². The van der Waals surface area contributed by atoms with Crippen LogP contribution >= 0.6 is 22.9 Å². The standard InChI is InChI=1S/C8H6IN3/c9-12-7-1-2-8-6(3-7)4-10-5-11-8/h1-5,12H. The molecule has 12 heavy (non-hydrogen) atoms. The number of anilines is 1. The van der Waals surface area contributed by atoms with Gasteiger partial charge < -0.3 is 3.53 Å². The van der Waals surface area contributed by atoms with E-state index in [0.717, 1.165) is 16.6 Å². The van der Waals surface area contributed by atoms with Crippen molar-refractivity contribution in [3.05, 3.63) is 30.7 Å². The monoisotopic (exact) mass is 271 g/mol. The highest BCUT2D eigenvalue weighted by Crippen LogP contribution is 2.16. The molecule has 0 fully saturated rings. The van der Waals surface area contributed by atoms with Gasteiger partial charge in [0.2, 0.25) is 0 Å². The molecule has 3 nitrogen and oxygen atoms in total. The first-order chi connectivity index (χ1) is 5.90. The quantitative estimate of drug-likeness (QED) is 0.639. The predicted molar refractivity (Wildman–Crippen MR) is 57.2 cm³/mol. The van der Waals surface area contributed by atoms with Crippen molar-refractivity contribution in [2.45, 2.75) is 0 Å². The van der Waals surface area contributed by atoms with Crippen molar-refractivity contribution in [1.29, 1.82) is 0 Å². The number of rotatable bonds is 1. The first-order valence-corrected chi connectivity index (χ1v) is 4.54. The smallest absolute Gasteiger partial charge is 0.116 e. The molecule has 0 radical (unpaired) electrons. The zero-order valence-corrected chi connectivity index (χ0v) is 8.32. The Morgan fingerprint density at radius 1 is 1.33 bits per heavy atom. The van der Waals surface area contributed by atoms with Crippen LogP contribution in [0.3, 0.4) is 0 Å². The Balaban J connectivity index is 2.67. The summed E-state index contributed by atoms with van der Waals surface area (Å²) in [6.07, 6.45) is 3.36. The predicted octanol–water partition coefficient (Wildman–Crippen LogP) is 2.39. The highest BCUT2D eigenvalue weighted by Gasteiger charge is 1.94. The molecule has 1 aromatic carbocycles. The van der Waals surface area contributed by atoms with Gasteiger partial charge in [0.1, 0.15) is 6.33 Å². The topological polar surface area (TPSA) is 37.8 Å². The van der Waals surface area contributed by atoms with Gasteiger partial charge in [-0.2, -0.15) is 0 Å². The molecular weight excluding hydrogens is 265 g/mol.